The molecule has 0 unspecified atom stereocenters. The normalized spacial score (nSPS) is 20.5. The van der Waals surface area contributed by atoms with Gasteiger partial charge in [-0.3, -0.25) is 4.79 Å². The van der Waals surface area contributed by atoms with E-state index in [0.717, 1.165) is 24.1 Å². The summed E-state index contributed by atoms with van der Waals surface area (Å²) in [6, 6.07) is 5.53. The quantitative estimate of drug-likeness (QED) is 0.703. The van der Waals surface area contributed by atoms with E-state index in [2.05, 4.69) is 19.2 Å². The Balaban J connectivity index is 2.23. The Morgan fingerprint density at radius 3 is 2.57 bits per heavy atom. The molecule has 1 aliphatic heterocycles. The first-order chi connectivity index (χ1) is 14.2. The Morgan fingerprint density at radius 1 is 1.20 bits per heavy atom. The summed E-state index contributed by atoms with van der Waals surface area (Å²) in [5.74, 6) is 0.125. The number of methoxy groups -OCH3 is 2. The molecule has 6 heteroatoms. The Morgan fingerprint density at radius 2 is 1.93 bits per heavy atom. The highest BCUT2D eigenvalue weighted by molar-refractivity contribution is 6.04. The molecule has 0 radical (unpaired) electrons. The summed E-state index contributed by atoms with van der Waals surface area (Å²) in [6.45, 7) is 8.30. The van der Waals surface area contributed by atoms with E-state index in [1.165, 1.54) is 0 Å². The van der Waals surface area contributed by atoms with Gasteiger partial charge in [0.15, 0.2) is 17.3 Å². The van der Waals surface area contributed by atoms with Gasteiger partial charge in [0.2, 0.25) is 0 Å². The number of rotatable bonds is 6. The van der Waals surface area contributed by atoms with Crippen LogP contribution in [0, 0.1) is 5.41 Å². The van der Waals surface area contributed by atoms with Crippen LogP contribution in [0.3, 0.4) is 0 Å². The molecule has 0 amide bonds. The molecule has 1 aromatic carbocycles. The fraction of sp³-hybridized carbons (Fsp3) is 0.500. The van der Waals surface area contributed by atoms with E-state index >= 15 is 0 Å². The molecule has 0 bridgehead atoms. The summed E-state index contributed by atoms with van der Waals surface area (Å²) in [4.78, 5) is 26.4. The molecule has 0 aromatic heterocycles. The van der Waals surface area contributed by atoms with Crippen LogP contribution < -0.4 is 14.8 Å². The van der Waals surface area contributed by atoms with Crippen molar-refractivity contribution >= 4 is 11.8 Å². The number of hydrogen-bond acceptors (Lipinski definition) is 6. The molecule has 162 valence electrons. The van der Waals surface area contributed by atoms with Crippen LogP contribution in [0.25, 0.3) is 0 Å². The predicted octanol–water partition coefficient (Wildman–Crippen LogP) is 4.26. The van der Waals surface area contributed by atoms with Crippen molar-refractivity contribution in [3.8, 4) is 11.5 Å². The zero-order valence-corrected chi connectivity index (χ0v) is 18.7. The molecule has 0 spiro atoms. The fourth-order valence-electron chi connectivity index (χ4n) is 4.43. The molecule has 1 aromatic rings. The third-order valence-corrected chi connectivity index (χ3v) is 5.64. The number of para-hydroxylation sites is 1. The van der Waals surface area contributed by atoms with Gasteiger partial charge in [-0.1, -0.05) is 32.9 Å². The highest BCUT2D eigenvalue weighted by atomic mass is 16.5. The predicted molar refractivity (Wildman–Crippen MR) is 114 cm³/mol. The van der Waals surface area contributed by atoms with Gasteiger partial charge in [0.1, 0.15) is 0 Å². The molecule has 2 aliphatic rings. The Labute approximate surface area is 178 Å². The first kappa shape index (κ1) is 21.9. The minimum Gasteiger partial charge on any atom is -0.493 e. The Kier molecular flexibility index (Phi) is 6.25. The van der Waals surface area contributed by atoms with Crippen LogP contribution in [-0.2, 0) is 14.3 Å². The van der Waals surface area contributed by atoms with Crippen molar-refractivity contribution < 1.29 is 23.8 Å². The molecule has 6 nitrogen and oxygen atoms in total. The van der Waals surface area contributed by atoms with Crippen molar-refractivity contribution in [2.24, 2.45) is 5.41 Å². The lowest BCUT2D eigenvalue weighted by atomic mass is 9.68. The maximum absolute atomic E-state index is 13.3. The summed E-state index contributed by atoms with van der Waals surface area (Å²) in [6.07, 6.45) is 1.87. The van der Waals surface area contributed by atoms with Gasteiger partial charge in [-0.15, -0.1) is 0 Å². The number of Topliss-reactive ketones (excluding diaryl/α,β-unsaturated/α-hetero) is 1. The summed E-state index contributed by atoms with van der Waals surface area (Å²) >= 11 is 0. The molecule has 3 rings (SSSR count). The van der Waals surface area contributed by atoms with Gasteiger partial charge in [0.05, 0.1) is 32.3 Å². The van der Waals surface area contributed by atoms with Crippen LogP contribution in [-0.4, -0.2) is 32.6 Å². The Bertz CT molecular complexity index is 926. The van der Waals surface area contributed by atoms with Gasteiger partial charge in [0.25, 0.3) is 0 Å². The third kappa shape index (κ3) is 3.95. The van der Waals surface area contributed by atoms with E-state index in [1.54, 1.807) is 20.3 Å². The van der Waals surface area contributed by atoms with E-state index in [-0.39, 0.29) is 11.2 Å². The maximum Gasteiger partial charge on any atom is 0.336 e. The van der Waals surface area contributed by atoms with Crippen molar-refractivity contribution in [1.82, 2.24) is 5.32 Å². The first-order valence-electron chi connectivity index (χ1n) is 10.4. The molecule has 0 saturated carbocycles. The molecular weight excluding hydrogens is 382 g/mol. The van der Waals surface area contributed by atoms with Crippen molar-refractivity contribution in [2.45, 2.75) is 52.9 Å². The topological polar surface area (TPSA) is 73.9 Å². The minimum absolute atomic E-state index is 0.0388. The second kappa shape index (κ2) is 8.54. The summed E-state index contributed by atoms with van der Waals surface area (Å²) in [5, 5.41) is 3.34. The van der Waals surface area contributed by atoms with E-state index < -0.39 is 11.9 Å². The van der Waals surface area contributed by atoms with Gasteiger partial charge >= 0.3 is 5.97 Å². The van der Waals surface area contributed by atoms with E-state index in [9.17, 15) is 9.59 Å². The average Bonchev–Trinajstić information content (AvgIpc) is 2.69. The van der Waals surface area contributed by atoms with Crippen LogP contribution in [0.2, 0.25) is 0 Å². The lowest BCUT2D eigenvalue weighted by molar-refractivity contribution is -0.139. The van der Waals surface area contributed by atoms with E-state index in [1.807, 2.05) is 26.0 Å². The molecule has 1 heterocycles. The van der Waals surface area contributed by atoms with Crippen LogP contribution in [0.5, 0.6) is 11.5 Å². The SMILES string of the molecule is CCCOC(=O)C1=C(C)NC2=C(C(=O)CC(C)(C)C2)[C@@H]1c1cccc(OC)c1OC. The number of benzene rings is 1. The van der Waals surface area contributed by atoms with E-state index in [0.29, 0.717) is 41.4 Å². The fourth-order valence-corrected chi connectivity index (χ4v) is 4.43. The molecule has 1 N–H and O–H groups in total. The van der Waals surface area contributed by atoms with Gasteiger partial charge in [-0.2, -0.15) is 0 Å². The van der Waals surface area contributed by atoms with Crippen molar-refractivity contribution in [1.29, 1.82) is 0 Å². The summed E-state index contributed by atoms with van der Waals surface area (Å²) in [7, 11) is 3.13. The number of esters is 1. The molecule has 1 aliphatic carbocycles. The minimum atomic E-state index is -0.570. The first-order valence-corrected chi connectivity index (χ1v) is 10.4. The van der Waals surface area contributed by atoms with Gasteiger partial charge < -0.3 is 19.5 Å². The standard InChI is InChI=1S/C24H31NO5/c1-7-11-30-23(27)19-14(2)25-16-12-24(3,4)13-17(26)21(16)20(19)15-9-8-10-18(28-5)22(15)29-6/h8-10,20,25H,7,11-13H2,1-6H3/t20-/m1/s1. The smallest absolute Gasteiger partial charge is 0.336 e. The number of hydrogen-bond donors (Lipinski definition) is 1. The van der Waals surface area contributed by atoms with Gasteiger partial charge in [-0.05, 0) is 31.2 Å². The highest BCUT2D eigenvalue weighted by Gasteiger charge is 2.44. The highest BCUT2D eigenvalue weighted by Crippen LogP contribution is 2.50. The van der Waals surface area contributed by atoms with Crippen molar-refractivity contribution in [3.05, 3.63) is 46.3 Å². The summed E-state index contributed by atoms with van der Waals surface area (Å²) < 4.78 is 16.6. The largest absolute Gasteiger partial charge is 0.493 e. The monoisotopic (exact) mass is 413 g/mol. The number of ketones is 1. The molecule has 30 heavy (non-hydrogen) atoms. The lowest BCUT2D eigenvalue weighted by Crippen LogP contribution is -2.38. The Hall–Kier alpha value is -2.76. The maximum atomic E-state index is 13.3. The van der Waals surface area contributed by atoms with Crippen molar-refractivity contribution in [3.63, 3.8) is 0 Å². The molecule has 1 atom stereocenters. The number of nitrogens with one attached hydrogen (secondary N) is 1. The van der Waals surface area contributed by atoms with Crippen LogP contribution in [0.15, 0.2) is 40.7 Å². The second-order valence-corrected chi connectivity index (χ2v) is 8.65. The lowest BCUT2D eigenvalue weighted by Gasteiger charge is -2.39. The van der Waals surface area contributed by atoms with Crippen LogP contribution in [0.4, 0.5) is 0 Å². The van der Waals surface area contributed by atoms with Crippen LogP contribution in [0.1, 0.15) is 58.4 Å². The van der Waals surface area contributed by atoms with Gasteiger partial charge in [0, 0.05) is 29.0 Å². The number of ether oxygens (including phenoxy) is 3. The number of dihydropyridines is 1. The van der Waals surface area contributed by atoms with Crippen LogP contribution >= 0.6 is 0 Å². The summed E-state index contributed by atoms with van der Waals surface area (Å²) in [5.41, 5.74) is 3.22. The molecule has 0 saturated heterocycles. The number of carbonyl (C=O) groups is 2. The molecule has 0 fully saturated rings. The van der Waals surface area contributed by atoms with Gasteiger partial charge in [-0.25, -0.2) is 4.79 Å². The van der Waals surface area contributed by atoms with Crippen molar-refractivity contribution in [2.75, 3.05) is 20.8 Å². The zero-order valence-electron chi connectivity index (χ0n) is 18.7. The molecular formula is C24H31NO5. The number of carbonyl (C=O) groups excluding carboxylic acids is 2. The van der Waals surface area contributed by atoms with E-state index in [4.69, 9.17) is 14.2 Å². The third-order valence-electron chi connectivity index (χ3n) is 5.64. The number of allylic oxidation sites excluding steroid dienone is 3. The average molecular weight is 414 g/mol. The zero-order chi connectivity index (χ0) is 22.1. The second-order valence-electron chi connectivity index (χ2n) is 8.65.